The summed E-state index contributed by atoms with van der Waals surface area (Å²) in [7, 11) is 0. The molecule has 2 atom stereocenters. The summed E-state index contributed by atoms with van der Waals surface area (Å²) in [5, 5.41) is 7.51. The minimum absolute atomic E-state index is 0.0202. The van der Waals surface area contributed by atoms with Crippen molar-refractivity contribution in [2.45, 2.75) is 57.3 Å². The fourth-order valence-corrected chi connectivity index (χ4v) is 5.55. The van der Waals surface area contributed by atoms with Gasteiger partial charge < -0.3 is 14.8 Å². The van der Waals surface area contributed by atoms with E-state index < -0.39 is 17.7 Å². The van der Waals surface area contributed by atoms with Crippen LogP contribution in [0.3, 0.4) is 0 Å². The molecule has 2 fully saturated rings. The largest absolute Gasteiger partial charge is 0.419 e. The Morgan fingerprint density at radius 3 is 2.61 bits per heavy atom. The van der Waals surface area contributed by atoms with Crippen molar-refractivity contribution in [3.63, 3.8) is 0 Å². The lowest BCUT2D eigenvalue weighted by Gasteiger charge is -2.44. The summed E-state index contributed by atoms with van der Waals surface area (Å²) in [5.74, 6) is -2.09. The number of hydrogen-bond acceptors (Lipinski definition) is 7. The summed E-state index contributed by atoms with van der Waals surface area (Å²) in [4.78, 5) is 17.5. The van der Waals surface area contributed by atoms with Crippen LogP contribution in [-0.4, -0.2) is 61.1 Å². The number of pyridine rings is 1. The lowest BCUT2D eigenvalue weighted by atomic mass is 10.0. The van der Waals surface area contributed by atoms with Crippen molar-refractivity contribution in [2.75, 3.05) is 18.4 Å². The zero-order chi connectivity index (χ0) is 26.8. The van der Waals surface area contributed by atoms with Crippen LogP contribution < -0.4 is 5.32 Å². The molecule has 0 spiro atoms. The first-order valence-electron chi connectivity index (χ1n) is 12.2. The number of rotatable bonds is 5. The number of aromatic nitrogens is 5. The zero-order valence-corrected chi connectivity index (χ0v) is 20.5. The number of halogens is 5. The smallest absolute Gasteiger partial charge is 0.361 e. The molecule has 13 heteroatoms. The Labute approximate surface area is 213 Å². The Morgan fingerprint density at radius 1 is 1.13 bits per heavy atom. The number of H-pyrrole nitrogens is 1. The van der Waals surface area contributed by atoms with Gasteiger partial charge in [0.1, 0.15) is 17.0 Å². The molecule has 0 amide bonds. The van der Waals surface area contributed by atoms with Gasteiger partial charge in [0.05, 0.1) is 35.7 Å². The van der Waals surface area contributed by atoms with Gasteiger partial charge in [0.25, 0.3) is 5.92 Å². The third-order valence-corrected chi connectivity index (χ3v) is 7.31. The highest BCUT2D eigenvalue weighted by molar-refractivity contribution is 5.94. The quantitative estimate of drug-likeness (QED) is 0.323. The van der Waals surface area contributed by atoms with Crippen LogP contribution in [0.15, 0.2) is 29.0 Å². The Kier molecular flexibility index (Phi) is 5.67. The van der Waals surface area contributed by atoms with Crippen molar-refractivity contribution < 1.29 is 26.5 Å². The molecule has 200 valence electrons. The molecular weight excluding hydrogens is 509 g/mol. The SMILES string of the molecule is Cc1noc(C)c1-c1ccc2c(-c3nc(N[C@H]4CCC[C@H]4N4CC(F)(F)C4)ncc3C(F)(F)F)c[nH]c2n1. The minimum atomic E-state index is -4.69. The number of nitrogens with zero attached hydrogens (tertiary/aromatic N) is 5. The number of anilines is 1. The van der Waals surface area contributed by atoms with Gasteiger partial charge in [-0.1, -0.05) is 5.16 Å². The summed E-state index contributed by atoms with van der Waals surface area (Å²) in [6.07, 6.45) is -0.260. The van der Waals surface area contributed by atoms with Crippen molar-refractivity contribution in [1.29, 1.82) is 0 Å². The van der Waals surface area contributed by atoms with Crippen molar-refractivity contribution in [3.8, 4) is 22.5 Å². The van der Waals surface area contributed by atoms with Gasteiger partial charge in [0.15, 0.2) is 0 Å². The Morgan fingerprint density at radius 2 is 1.92 bits per heavy atom. The lowest BCUT2D eigenvalue weighted by Crippen LogP contribution is -2.62. The molecule has 2 aliphatic rings. The molecule has 1 aliphatic heterocycles. The average molecular weight is 534 g/mol. The molecule has 0 bridgehead atoms. The third kappa shape index (κ3) is 4.28. The maximum Gasteiger partial charge on any atom is 0.419 e. The fraction of sp³-hybridized carbons (Fsp3) is 0.440. The van der Waals surface area contributed by atoms with Gasteiger partial charge in [-0.2, -0.15) is 13.2 Å². The first-order valence-corrected chi connectivity index (χ1v) is 12.2. The zero-order valence-electron chi connectivity index (χ0n) is 20.5. The van der Waals surface area contributed by atoms with E-state index in [-0.39, 0.29) is 42.4 Å². The maximum absolute atomic E-state index is 14.0. The van der Waals surface area contributed by atoms with E-state index in [0.717, 1.165) is 24.6 Å². The second-order valence-electron chi connectivity index (χ2n) is 9.96. The maximum atomic E-state index is 14.0. The van der Waals surface area contributed by atoms with E-state index in [9.17, 15) is 22.0 Å². The van der Waals surface area contributed by atoms with Crippen LogP contribution in [0.4, 0.5) is 27.9 Å². The van der Waals surface area contributed by atoms with Crippen molar-refractivity contribution in [1.82, 2.24) is 30.0 Å². The van der Waals surface area contributed by atoms with Crippen LogP contribution in [0, 0.1) is 13.8 Å². The molecule has 6 rings (SSSR count). The first-order chi connectivity index (χ1) is 18.0. The van der Waals surface area contributed by atoms with Crippen molar-refractivity contribution in [3.05, 3.63) is 41.5 Å². The number of nitrogens with one attached hydrogen (secondary N) is 2. The molecule has 4 aromatic rings. The molecule has 0 radical (unpaired) electrons. The van der Waals surface area contributed by atoms with Crippen molar-refractivity contribution in [2.24, 2.45) is 0 Å². The van der Waals surface area contributed by atoms with Crippen molar-refractivity contribution >= 4 is 17.0 Å². The van der Waals surface area contributed by atoms with E-state index in [1.807, 2.05) is 0 Å². The van der Waals surface area contributed by atoms with Crippen LogP contribution in [0.2, 0.25) is 0 Å². The van der Waals surface area contributed by atoms with Crippen LogP contribution in [0.1, 0.15) is 36.3 Å². The number of aryl methyl sites for hydroxylation is 2. The van der Waals surface area contributed by atoms with Crippen LogP contribution >= 0.6 is 0 Å². The number of hydrogen-bond donors (Lipinski definition) is 2. The molecular formula is C25H24F5N7O. The minimum Gasteiger partial charge on any atom is -0.361 e. The van der Waals surface area contributed by atoms with Gasteiger partial charge in [-0.15, -0.1) is 0 Å². The average Bonchev–Trinajstić information content (AvgIpc) is 3.55. The van der Waals surface area contributed by atoms with Gasteiger partial charge >= 0.3 is 6.18 Å². The molecule has 0 unspecified atom stereocenters. The standard InChI is InChI=1S/C25H24F5N7O/c1-12-20(13(2)38-36-12)18-7-6-14-15(8-31-22(14)33-18)21-16(25(28,29)30)9-32-23(35-21)34-17-4-3-5-19(17)37-10-24(26,27)11-37/h6-9,17,19H,3-5,10-11H2,1-2H3,(H,31,33)(H,32,34,35)/t17-,19+/m0/s1. The van der Waals surface area contributed by atoms with Crippen LogP contribution in [0.5, 0.6) is 0 Å². The predicted octanol–water partition coefficient (Wildman–Crippen LogP) is 5.59. The summed E-state index contributed by atoms with van der Waals surface area (Å²) >= 11 is 0. The summed E-state index contributed by atoms with van der Waals surface area (Å²) < 4.78 is 74.0. The molecule has 4 aromatic heterocycles. The monoisotopic (exact) mass is 533 g/mol. The number of alkyl halides is 5. The van der Waals surface area contributed by atoms with Crippen LogP contribution in [0.25, 0.3) is 33.5 Å². The number of aromatic amines is 1. The first kappa shape index (κ1) is 24.7. The highest BCUT2D eigenvalue weighted by Gasteiger charge is 2.49. The molecule has 2 N–H and O–H groups in total. The van der Waals surface area contributed by atoms with E-state index in [2.05, 4.69) is 30.4 Å². The van der Waals surface area contributed by atoms with E-state index in [1.54, 1.807) is 30.9 Å². The van der Waals surface area contributed by atoms with E-state index in [4.69, 9.17) is 4.52 Å². The van der Waals surface area contributed by atoms with E-state index in [1.165, 1.54) is 6.20 Å². The molecule has 0 aromatic carbocycles. The van der Waals surface area contributed by atoms with Gasteiger partial charge in [0.2, 0.25) is 5.95 Å². The Bertz CT molecular complexity index is 1480. The molecule has 5 heterocycles. The van der Waals surface area contributed by atoms with E-state index in [0.29, 0.717) is 34.6 Å². The Balaban J connectivity index is 1.35. The van der Waals surface area contributed by atoms with Gasteiger partial charge in [-0.3, -0.25) is 4.90 Å². The second-order valence-corrected chi connectivity index (χ2v) is 9.96. The lowest BCUT2D eigenvalue weighted by molar-refractivity contribution is -0.145. The molecule has 1 aliphatic carbocycles. The van der Waals surface area contributed by atoms with Gasteiger partial charge in [0, 0.05) is 35.4 Å². The normalized spacial score (nSPS) is 21.7. The van der Waals surface area contributed by atoms with E-state index >= 15 is 0 Å². The topological polar surface area (TPSA) is 95.8 Å². The van der Waals surface area contributed by atoms with Crippen LogP contribution in [-0.2, 0) is 6.18 Å². The molecule has 1 saturated carbocycles. The summed E-state index contributed by atoms with van der Waals surface area (Å²) in [5.41, 5.74) is 1.28. The van der Waals surface area contributed by atoms with Gasteiger partial charge in [-0.25, -0.2) is 23.7 Å². The van der Waals surface area contributed by atoms with Gasteiger partial charge in [-0.05, 0) is 45.2 Å². The summed E-state index contributed by atoms with van der Waals surface area (Å²) in [6, 6.07) is 3.00. The molecule has 8 nitrogen and oxygen atoms in total. The number of fused-ring (bicyclic) bond motifs is 1. The highest BCUT2D eigenvalue weighted by Crippen LogP contribution is 2.40. The fourth-order valence-electron chi connectivity index (χ4n) is 5.55. The molecule has 1 saturated heterocycles. The predicted molar refractivity (Wildman–Crippen MR) is 129 cm³/mol. The Hall–Kier alpha value is -3.61. The molecule has 38 heavy (non-hydrogen) atoms. The third-order valence-electron chi connectivity index (χ3n) is 7.31. The highest BCUT2D eigenvalue weighted by atomic mass is 19.4. The number of likely N-dealkylation sites (tertiary alicyclic amines) is 1. The second kappa shape index (κ2) is 8.72. The summed E-state index contributed by atoms with van der Waals surface area (Å²) in [6.45, 7) is 2.92.